The van der Waals surface area contributed by atoms with E-state index in [1.807, 2.05) is 24.0 Å². The number of aryl methyl sites for hydroxylation is 1. The zero-order valence-electron chi connectivity index (χ0n) is 15.4. The van der Waals surface area contributed by atoms with Gasteiger partial charge in [0, 0.05) is 44.0 Å². The summed E-state index contributed by atoms with van der Waals surface area (Å²) < 4.78 is 41.8. The Morgan fingerprint density at radius 1 is 0.897 bits per heavy atom. The number of alkyl halides is 3. The zero-order chi connectivity index (χ0) is 20.2. The number of hydrogen-bond acceptors (Lipinski definition) is 7. The fraction of sp³-hybridized carbons (Fsp3) is 0.353. The van der Waals surface area contributed by atoms with Crippen molar-refractivity contribution in [3.63, 3.8) is 0 Å². The molecule has 5 rings (SSSR count). The maximum Gasteiger partial charge on any atom is 0.453 e. The third-order valence-electron chi connectivity index (χ3n) is 4.90. The van der Waals surface area contributed by atoms with Crippen LogP contribution in [0.1, 0.15) is 11.5 Å². The molecule has 1 fully saturated rings. The fourth-order valence-corrected chi connectivity index (χ4v) is 3.53. The number of aromatic nitrogens is 7. The average Bonchev–Trinajstić information content (AvgIpc) is 3.33. The summed E-state index contributed by atoms with van der Waals surface area (Å²) in [4.78, 5) is 8.59. The molecule has 4 aromatic rings. The summed E-state index contributed by atoms with van der Waals surface area (Å²) in [7, 11) is 0. The second-order valence-electron chi connectivity index (χ2n) is 6.81. The van der Waals surface area contributed by atoms with Crippen LogP contribution in [-0.2, 0) is 6.18 Å². The fourth-order valence-electron chi connectivity index (χ4n) is 3.53. The summed E-state index contributed by atoms with van der Waals surface area (Å²) in [5, 5.41) is 15.2. The molecule has 0 saturated carbocycles. The van der Waals surface area contributed by atoms with Crippen LogP contribution >= 0.6 is 0 Å². The molecule has 0 aliphatic carbocycles. The zero-order valence-corrected chi connectivity index (χ0v) is 15.4. The summed E-state index contributed by atoms with van der Waals surface area (Å²) >= 11 is 0. The Balaban J connectivity index is 1.40. The molecule has 29 heavy (non-hydrogen) atoms. The van der Waals surface area contributed by atoms with Crippen LogP contribution in [0.3, 0.4) is 0 Å². The van der Waals surface area contributed by atoms with Crippen LogP contribution in [-0.4, -0.2) is 60.6 Å². The van der Waals surface area contributed by atoms with Crippen molar-refractivity contribution < 1.29 is 13.2 Å². The number of nitrogens with zero attached hydrogens (tertiary/aromatic N) is 9. The molecule has 0 N–H and O–H groups in total. The maximum atomic E-state index is 13.1. The smallest absolute Gasteiger partial charge is 0.353 e. The monoisotopic (exact) mass is 403 g/mol. The van der Waals surface area contributed by atoms with Crippen molar-refractivity contribution in [1.82, 2.24) is 34.4 Å². The molecule has 1 saturated heterocycles. The normalized spacial score (nSPS) is 15.6. The Hall–Kier alpha value is -3.44. The van der Waals surface area contributed by atoms with Crippen molar-refractivity contribution in [3.8, 4) is 0 Å². The molecule has 0 radical (unpaired) electrons. The largest absolute Gasteiger partial charge is 0.453 e. The van der Waals surface area contributed by atoms with Crippen molar-refractivity contribution in [3.05, 3.63) is 42.0 Å². The first-order valence-electron chi connectivity index (χ1n) is 9.01. The highest BCUT2D eigenvalue weighted by molar-refractivity contribution is 5.53. The highest BCUT2D eigenvalue weighted by Crippen LogP contribution is 2.28. The number of halogens is 3. The van der Waals surface area contributed by atoms with Crippen LogP contribution < -0.4 is 9.80 Å². The number of hydrogen-bond donors (Lipinski definition) is 0. The van der Waals surface area contributed by atoms with Crippen molar-refractivity contribution >= 4 is 22.9 Å². The molecule has 5 heterocycles. The molecular weight excluding hydrogens is 387 g/mol. The van der Waals surface area contributed by atoms with Gasteiger partial charge in [-0.3, -0.25) is 0 Å². The third-order valence-corrected chi connectivity index (χ3v) is 4.90. The quantitative estimate of drug-likeness (QED) is 0.505. The Labute approximate surface area is 162 Å². The van der Waals surface area contributed by atoms with Crippen molar-refractivity contribution in [1.29, 1.82) is 0 Å². The van der Waals surface area contributed by atoms with Gasteiger partial charge in [0.2, 0.25) is 0 Å². The third kappa shape index (κ3) is 3.00. The van der Waals surface area contributed by atoms with E-state index in [0.29, 0.717) is 32.0 Å². The first-order chi connectivity index (χ1) is 13.9. The van der Waals surface area contributed by atoms with E-state index >= 15 is 0 Å². The van der Waals surface area contributed by atoms with E-state index in [0.717, 1.165) is 21.7 Å². The highest BCUT2D eigenvalue weighted by atomic mass is 19.4. The standard InChI is InChI=1S/C17H16F3N9/c1-11-10-15(28-12(22-11)4-5-21-28)27-8-6-26(7-9-27)14-3-2-13-23-24-16(17(18,19)20)29(13)25-14/h2-5,10H,6-9H2,1H3. The molecule has 1 aliphatic rings. The van der Waals surface area contributed by atoms with Crippen LogP contribution in [0.15, 0.2) is 30.5 Å². The van der Waals surface area contributed by atoms with Gasteiger partial charge in [0.1, 0.15) is 11.6 Å². The lowest BCUT2D eigenvalue weighted by atomic mass is 10.3. The van der Waals surface area contributed by atoms with Crippen molar-refractivity contribution in [2.24, 2.45) is 0 Å². The van der Waals surface area contributed by atoms with Gasteiger partial charge in [-0.25, -0.2) is 4.98 Å². The number of piperazine rings is 1. The topological polar surface area (TPSA) is 79.8 Å². The molecule has 0 atom stereocenters. The van der Waals surface area contributed by atoms with Gasteiger partial charge in [-0.1, -0.05) is 0 Å². The van der Waals surface area contributed by atoms with Gasteiger partial charge in [0.15, 0.2) is 11.3 Å². The van der Waals surface area contributed by atoms with Gasteiger partial charge in [-0.05, 0) is 19.1 Å². The summed E-state index contributed by atoms with van der Waals surface area (Å²) in [6, 6.07) is 6.99. The number of fused-ring (bicyclic) bond motifs is 2. The summed E-state index contributed by atoms with van der Waals surface area (Å²) in [6.45, 7) is 4.49. The molecule has 9 nitrogen and oxygen atoms in total. The first-order valence-corrected chi connectivity index (χ1v) is 9.01. The number of anilines is 2. The molecule has 1 aliphatic heterocycles. The van der Waals surface area contributed by atoms with E-state index in [-0.39, 0.29) is 5.65 Å². The maximum absolute atomic E-state index is 13.1. The van der Waals surface area contributed by atoms with E-state index in [4.69, 9.17) is 0 Å². The molecule has 0 amide bonds. The lowest BCUT2D eigenvalue weighted by molar-refractivity contribution is -0.146. The Morgan fingerprint density at radius 2 is 1.66 bits per heavy atom. The molecule has 0 spiro atoms. The molecule has 0 aromatic carbocycles. The summed E-state index contributed by atoms with van der Waals surface area (Å²) in [6.07, 6.45) is -2.91. The minimum absolute atomic E-state index is 0.0630. The Morgan fingerprint density at radius 3 is 2.41 bits per heavy atom. The Bertz CT molecular complexity index is 1190. The van der Waals surface area contributed by atoms with Crippen LogP contribution in [0.2, 0.25) is 0 Å². The minimum Gasteiger partial charge on any atom is -0.353 e. The lowest BCUT2D eigenvalue weighted by Gasteiger charge is -2.36. The average molecular weight is 403 g/mol. The van der Waals surface area contributed by atoms with Gasteiger partial charge in [-0.2, -0.15) is 27.3 Å². The molecule has 12 heteroatoms. The van der Waals surface area contributed by atoms with E-state index in [9.17, 15) is 13.2 Å². The van der Waals surface area contributed by atoms with Gasteiger partial charge < -0.3 is 9.80 Å². The second kappa shape index (κ2) is 6.29. The van der Waals surface area contributed by atoms with Gasteiger partial charge in [0.05, 0.1) is 6.20 Å². The van der Waals surface area contributed by atoms with Crippen molar-refractivity contribution in [2.75, 3.05) is 36.0 Å². The van der Waals surface area contributed by atoms with E-state index in [2.05, 4.69) is 30.3 Å². The van der Waals surface area contributed by atoms with Gasteiger partial charge >= 0.3 is 6.18 Å². The molecule has 0 unspecified atom stereocenters. The lowest BCUT2D eigenvalue weighted by Crippen LogP contribution is -2.47. The van der Waals surface area contributed by atoms with E-state index in [1.165, 1.54) is 6.07 Å². The Kier molecular flexibility index (Phi) is 3.83. The first kappa shape index (κ1) is 17.6. The second-order valence-corrected chi connectivity index (χ2v) is 6.81. The SMILES string of the molecule is Cc1cc(N2CCN(c3ccc4nnc(C(F)(F)F)n4n3)CC2)n2nccc2n1. The molecule has 4 aromatic heterocycles. The van der Waals surface area contributed by atoms with Gasteiger partial charge in [0.25, 0.3) is 5.82 Å². The molecule has 150 valence electrons. The predicted octanol–water partition coefficient (Wildman–Crippen LogP) is 1.82. The molecular formula is C17H16F3N9. The predicted molar refractivity (Wildman–Crippen MR) is 97.9 cm³/mol. The summed E-state index contributed by atoms with van der Waals surface area (Å²) in [5.74, 6) is 0.276. The molecule has 0 bridgehead atoms. The van der Waals surface area contributed by atoms with Crippen molar-refractivity contribution in [2.45, 2.75) is 13.1 Å². The minimum atomic E-state index is -4.61. The van der Waals surface area contributed by atoms with E-state index in [1.54, 1.807) is 16.8 Å². The van der Waals surface area contributed by atoms with Crippen LogP contribution in [0.25, 0.3) is 11.3 Å². The highest BCUT2D eigenvalue weighted by Gasteiger charge is 2.38. The van der Waals surface area contributed by atoms with Crippen LogP contribution in [0.4, 0.5) is 24.8 Å². The van der Waals surface area contributed by atoms with Gasteiger partial charge in [-0.15, -0.1) is 15.3 Å². The van der Waals surface area contributed by atoms with Crippen LogP contribution in [0.5, 0.6) is 0 Å². The van der Waals surface area contributed by atoms with Crippen LogP contribution in [0, 0.1) is 6.92 Å². The summed E-state index contributed by atoms with van der Waals surface area (Å²) in [5.41, 5.74) is 1.74. The van der Waals surface area contributed by atoms with E-state index < -0.39 is 12.0 Å². The number of rotatable bonds is 2.